The smallest absolute Gasteiger partial charge is 0.429 e. The second-order valence-electron chi connectivity index (χ2n) is 11.9. The zero-order valence-corrected chi connectivity index (χ0v) is 24.7. The van der Waals surface area contributed by atoms with Crippen LogP contribution in [0.15, 0.2) is 54.6 Å². The molecule has 0 radical (unpaired) electrons. The van der Waals surface area contributed by atoms with E-state index < -0.39 is 52.3 Å². The SMILES string of the molecule is CC=CCOC1CCC(C2CCC(c3ccc(-c4cc(F)c(C(F)(F)Oc5cc(F)c(F)c(F)c5)c(F)c4)c(F)c3)CC2)CC1. The Morgan fingerprint density at radius 1 is 0.711 bits per heavy atom. The monoisotopic (exact) mass is 638 g/mol. The number of ether oxygens (including phenoxy) is 2. The van der Waals surface area contributed by atoms with Crippen molar-refractivity contribution in [3.8, 4) is 16.9 Å². The zero-order valence-electron chi connectivity index (χ0n) is 24.7. The van der Waals surface area contributed by atoms with Gasteiger partial charge in [0.25, 0.3) is 0 Å². The van der Waals surface area contributed by atoms with Crippen LogP contribution in [0.4, 0.5) is 35.1 Å². The largest absolute Gasteiger partial charge is 0.432 e. The molecule has 0 atom stereocenters. The normalized spacial score (nSPS) is 22.6. The summed E-state index contributed by atoms with van der Waals surface area (Å²) < 4.78 is 124. The quantitative estimate of drug-likeness (QED) is 0.132. The molecule has 2 nitrogen and oxygen atoms in total. The fourth-order valence-electron chi connectivity index (χ4n) is 6.75. The van der Waals surface area contributed by atoms with Gasteiger partial charge >= 0.3 is 6.11 Å². The predicted octanol–water partition coefficient (Wildman–Crippen LogP) is 10.7. The van der Waals surface area contributed by atoms with Crippen molar-refractivity contribution < 1.29 is 44.6 Å². The summed E-state index contributed by atoms with van der Waals surface area (Å²) in [6, 6.07) is 5.69. The highest BCUT2D eigenvalue weighted by atomic mass is 19.3. The van der Waals surface area contributed by atoms with Gasteiger partial charge in [0.15, 0.2) is 17.5 Å². The number of benzene rings is 3. The molecule has 0 aliphatic heterocycles. The van der Waals surface area contributed by atoms with Gasteiger partial charge in [-0.05, 0) is 105 Å². The minimum atomic E-state index is -4.73. The molecule has 0 bridgehead atoms. The summed E-state index contributed by atoms with van der Waals surface area (Å²) in [5, 5.41) is 0. The van der Waals surface area contributed by atoms with E-state index >= 15 is 4.39 Å². The van der Waals surface area contributed by atoms with E-state index in [2.05, 4.69) is 4.74 Å². The maximum absolute atomic E-state index is 15.3. The summed E-state index contributed by atoms with van der Waals surface area (Å²) in [6.07, 6.45) is 7.87. The molecule has 2 aliphatic carbocycles. The van der Waals surface area contributed by atoms with Gasteiger partial charge in [0.05, 0.1) is 12.7 Å². The Labute approximate surface area is 257 Å². The van der Waals surface area contributed by atoms with Gasteiger partial charge in [0.2, 0.25) is 0 Å². The van der Waals surface area contributed by atoms with Gasteiger partial charge in [-0.25, -0.2) is 26.3 Å². The van der Waals surface area contributed by atoms with Gasteiger partial charge in [-0.15, -0.1) is 0 Å². The maximum Gasteiger partial charge on any atom is 0.432 e. The van der Waals surface area contributed by atoms with Crippen LogP contribution in [0.3, 0.4) is 0 Å². The van der Waals surface area contributed by atoms with Gasteiger partial charge in [-0.3, -0.25) is 0 Å². The van der Waals surface area contributed by atoms with Crippen LogP contribution in [-0.2, 0) is 10.8 Å². The van der Waals surface area contributed by atoms with Crippen molar-refractivity contribution in [1.29, 1.82) is 0 Å². The molecule has 45 heavy (non-hydrogen) atoms. The number of alkyl halides is 2. The highest BCUT2D eigenvalue weighted by Gasteiger charge is 2.42. The first-order chi connectivity index (χ1) is 21.5. The highest BCUT2D eigenvalue weighted by molar-refractivity contribution is 5.65. The Balaban J connectivity index is 1.23. The number of rotatable bonds is 9. The van der Waals surface area contributed by atoms with E-state index in [9.17, 15) is 30.7 Å². The summed E-state index contributed by atoms with van der Waals surface area (Å²) in [4.78, 5) is 0. The Morgan fingerprint density at radius 2 is 1.29 bits per heavy atom. The number of halogens is 8. The summed E-state index contributed by atoms with van der Waals surface area (Å²) in [6.45, 7) is 2.62. The van der Waals surface area contributed by atoms with E-state index in [-0.39, 0.29) is 29.2 Å². The van der Waals surface area contributed by atoms with Crippen molar-refractivity contribution in [3.05, 3.63) is 101 Å². The summed E-state index contributed by atoms with van der Waals surface area (Å²) in [5.74, 6) is -9.63. The van der Waals surface area contributed by atoms with Crippen LogP contribution < -0.4 is 4.74 Å². The fourth-order valence-corrected chi connectivity index (χ4v) is 6.75. The minimum absolute atomic E-state index is 0.119. The molecule has 2 fully saturated rings. The van der Waals surface area contributed by atoms with Crippen molar-refractivity contribution in [3.63, 3.8) is 0 Å². The Bertz CT molecular complexity index is 1480. The molecule has 3 aromatic carbocycles. The highest BCUT2D eigenvalue weighted by Crippen LogP contribution is 2.44. The molecule has 0 aromatic heterocycles. The van der Waals surface area contributed by atoms with Crippen LogP contribution in [0, 0.1) is 46.7 Å². The lowest BCUT2D eigenvalue weighted by atomic mass is 9.69. The first-order valence-electron chi connectivity index (χ1n) is 15.2. The fraction of sp³-hybridized carbons (Fsp3) is 0.429. The molecular formula is C35H34F8O2. The van der Waals surface area contributed by atoms with E-state index in [1.807, 2.05) is 19.1 Å². The van der Waals surface area contributed by atoms with Gasteiger partial charge in [0.1, 0.15) is 28.8 Å². The third-order valence-electron chi connectivity index (χ3n) is 9.13. The van der Waals surface area contributed by atoms with Gasteiger partial charge in [-0.2, -0.15) is 8.78 Å². The van der Waals surface area contributed by atoms with E-state index in [4.69, 9.17) is 4.74 Å². The first kappa shape index (κ1) is 33.0. The molecule has 0 heterocycles. The topological polar surface area (TPSA) is 18.5 Å². The molecule has 2 saturated carbocycles. The van der Waals surface area contributed by atoms with E-state index in [1.165, 1.54) is 12.1 Å². The van der Waals surface area contributed by atoms with E-state index in [1.54, 1.807) is 6.07 Å². The Morgan fingerprint density at radius 3 is 1.84 bits per heavy atom. The molecule has 10 heteroatoms. The molecule has 0 spiro atoms. The van der Waals surface area contributed by atoms with Crippen LogP contribution in [0.25, 0.3) is 11.1 Å². The molecule has 3 aromatic rings. The lowest BCUT2D eigenvalue weighted by molar-refractivity contribution is -0.189. The second kappa shape index (κ2) is 13.9. The van der Waals surface area contributed by atoms with E-state index in [0.29, 0.717) is 36.7 Å². The van der Waals surface area contributed by atoms with Crippen molar-refractivity contribution in [2.24, 2.45) is 11.8 Å². The van der Waals surface area contributed by atoms with Crippen molar-refractivity contribution in [2.45, 2.75) is 76.4 Å². The van der Waals surface area contributed by atoms with Gasteiger partial charge < -0.3 is 9.47 Å². The molecule has 5 rings (SSSR count). The third-order valence-corrected chi connectivity index (χ3v) is 9.13. The molecule has 2 aliphatic rings. The molecule has 242 valence electrons. The average molecular weight is 639 g/mol. The number of allylic oxidation sites excluding steroid dienone is 1. The third kappa shape index (κ3) is 7.54. The average Bonchev–Trinajstić information content (AvgIpc) is 2.99. The van der Waals surface area contributed by atoms with Crippen LogP contribution in [0.2, 0.25) is 0 Å². The van der Waals surface area contributed by atoms with Crippen LogP contribution in [-0.4, -0.2) is 12.7 Å². The van der Waals surface area contributed by atoms with Crippen LogP contribution in [0.1, 0.15) is 75.3 Å². The zero-order chi connectivity index (χ0) is 32.3. The van der Waals surface area contributed by atoms with Crippen molar-refractivity contribution >= 4 is 0 Å². The van der Waals surface area contributed by atoms with Crippen LogP contribution >= 0.6 is 0 Å². The van der Waals surface area contributed by atoms with Crippen molar-refractivity contribution in [1.82, 2.24) is 0 Å². The summed E-state index contributed by atoms with van der Waals surface area (Å²) in [5.41, 5.74) is -1.58. The lowest BCUT2D eigenvalue weighted by Gasteiger charge is -2.38. The van der Waals surface area contributed by atoms with Gasteiger partial charge in [-0.1, -0.05) is 24.3 Å². The molecule has 0 unspecified atom stereocenters. The second-order valence-corrected chi connectivity index (χ2v) is 11.9. The minimum Gasteiger partial charge on any atom is -0.429 e. The number of hydrogen-bond donors (Lipinski definition) is 0. The van der Waals surface area contributed by atoms with Gasteiger partial charge in [0, 0.05) is 17.7 Å². The summed E-state index contributed by atoms with van der Waals surface area (Å²) >= 11 is 0. The number of hydrogen-bond acceptors (Lipinski definition) is 2. The predicted molar refractivity (Wildman–Crippen MR) is 154 cm³/mol. The Hall–Kier alpha value is -3.40. The summed E-state index contributed by atoms with van der Waals surface area (Å²) in [7, 11) is 0. The maximum atomic E-state index is 15.3. The molecule has 0 amide bonds. The van der Waals surface area contributed by atoms with E-state index in [0.717, 1.165) is 56.9 Å². The molecule has 0 N–H and O–H groups in total. The standard InChI is InChI=1S/C35H34F8O2/c1-2-3-14-44-25-11-8-21(9-12-25)20-4-6-22(7-5-20)23-10-13-27(28(36)15-23)24-16-29(37)33(30(38)17-24)35(42,43)45-26-18-31(39)34(41)32(40)19-26/h2-3,10,13,15-22,25H,4-9,11-12,14H2,1H3. The van der Waals surface area contributed by atoms with Crippen LogP contribution in [0.5, 0.6) is 5.75 Å². The Kier molecular flexibility index (Phi) is 10.2. The first-order valence-corrected chi connectivity index (χ1v) is 15.2. The molecule has 0 saturated heterocycles. The lowest BCUT2D eigenvalue weighted by Crippen LogP contribution is -2.28. The van der Waals surface area contributed by atoms with Crippen molar-refractivity contribution in [2.75, 3.05) is 6.61 Å². The molecular weight excluding hydrogens is 604 g/mol.